The summed E-state index contributed by atoms with van der Waals surface area (Å²) in [6, 6.07) is 0.235. The van der Waals surface area contributed by atoms with Crippen LogP contribution in [0.2, 0.25) is 5.15 Å². The fourth-order valence-electron chi connectivity index (χ4n) is 1.53. The SMILES string of the molecule is Cc1cnc(N2CC[C@@H](N)C2)nc1Cl. The molecule has 0 aromatic carbocycles. The lowest BCUT2D eigenvalue weighted by Gasteiger charge is -2.15. The topological polar surface area (TPSA) is 55.0 Å². The van der Waals surface area contributed by atoms with Gasteiger partial charge in [-0.05, 0) is 13.3 Å². The molecule has 2 heterocycles. The van der Waals surface area contributed by atoms with Gasteiger partial charge in [0.2, 0.25) is 5.95 Å². The van der Waals surface area contributed by atoms with E-state index >= 15 is 0 Å². The molecule has 1 aliphatic rings. The van der Waals surface area contributed by atoms with Crippen LogP contribution in [0.25, 0.3) is 0 Å². The van der Waals surface area contributed by atoms with Gasteiger partial charge in [-0.3, -0.25) is 0 Å². The normalized spacial score (nSPS) is 21.6. The Labute approximate surface area is 88.1 Å². The minimum atomic E-state index is 0.235. The van der Waals surface area contributed by atoms with Crippen molar-refractivity contribution in [1.29, 1.82) is 0 Å². The maximum atomic E-state index is 5.92. The van der Waals surface area contributed by atoms with Crippen LogP contribution in [0.3, 0.4) is 0 Å². The Morgan fingerprint density at radius 3 is 3.00 bits per heavy atom. The summed E-state index contributed by atoms with van der Waals surface area (Å²) in [6.45, 7) is 3.63. The van der Waals surface area contributed by atoms with Gasteiger partial charge in [-0.15, -0.1) is 0 Å². The van der Waals surface area contributed by atoms with Crippen molar-refractivity contribution in [3.05, 3.63) is 16.9 Å². The molecule has 0 radical (unpaired) electrons. The third-order valence-corrected chi connectivity index (χ3v) is 2.79. The van der Waals surface area contributed by atoms with Gasteiger partial charge in [0.05, 0.1) is 0 Å². The number of hydrogen-bond donors (Lipinski definition) is 1. The molecule has 0 unspecified atom stereocenters. The van der Waals surface area contributed by atoms with E-state index < -0.39 is 0 Å². The zero-order valence-electron chi connectivity index (χ0n) is 8.07. The molecule has 1 aliphatic heterocycles. The number of aryl methyl sites for hydroxylation is 1. The van der Waals surface area contributed by atoms with E-state index in [9.17, 15) is 0 Å². The molecular formula is C9H13ClN4. The Bertz CT molecular complexity index is 342. The standard InChI is InChI=1S/C9H13ClN4/c1-6-4-12-9(13-8(6)10)14-3-2-7(11)5-14/h4,7H,2-3,5,11H2,1H3/t7-/m1/s1. The zero-order valence-corrected chi connectivity index (χ0v) is 8.83. The highest BCUT2D eigenvalue weighted by Crippen LogP contribution is 2.18. The molecule has 0 amide bonds. The molecule has 4 nitrogen and oxygen atoms in total. The Kier molecular flexibility index (Phi) is 2.56. The van der Waals surface area contributed by atoms with E-state index in [1.807, 2.05) is 6.92 Å². The van der Waals surface area contributed by atoms with Gasteiger partial charge in [0, 0.05) is 30.9 Å². The molecule has 0 bridgehead atoms. The van der Waals surface area contributed by atoms with Crippen molar-refractivity contribution in [3.8, 4) is 0 Å². The van der Waals surface area contributed by atoms with Crippen LogP contribution in [0.15, 0.2) is 6.20 Å². The number of nitrogens with two attached hydrogens (primary N) is 1. The highest BCUT2D eigenvalue weighted by Gasteiger charge is 2.21. The van der Waals surface area contributed by atoms with E-state index in [2.05, 4.69) is 14.9 Å². The average Bonchev–Trinajstić information content (AvgIpc) is 2.57. The first-order chi connectivity index (χ1) is 6.66. The molecular weight excluding hydrogens is 200 g/mol. The van der Waals surface area contributed by atoms with Gasteiger partial charge in [-0.2, -0.15) is 0 Å². The largest absolute Gasteiger partial charge is 0.339 e. The maximum absolute atomic E-state index is 5.92. The summed E-state index contributed by atoms with van der Waals surface area (Å²) in [5, 5.41) is 0.524. The Morgan fingerprint density at radius 2 is 2.43 bits per heavy atom. The van der Waals surface area contributed by atoms with Gasteiger partial charge in [0.25, 0.3) is 0 Å². The van der Waals surface area contributed by atoms with Crippen LogP contribution in [0, 0.1) is 6.92 Å². The second-order valence-corrected chi connectivity index (χ2v) is 4.00. The summed E-state index contributed by atoms with van der Waals surface area (Å²) in [4.78, 5) is 10.5. The number of halogens is 1. The molecule has 1 saturated heterocycles. The Hall–Kier alpha value is -0.870. The molecule has 0 spiro atoms. The van der Waals surface area contributed by atoms with Crippen LogP contribution >= 0.6 is 11.6 Å². The smallest absolute Gasteiger partial charge is 0.226 e. The van der Waals surface area contributed by atoms with Crippen LogP contribution < -0.4 is 10.6 Å². The summed E-state index contributed by atoms with van der Waals surface area (Å²) < 4.78 is 0. The van der Waals surface area contributed by atoms with Crippen LogP contribution in [-0.4, -0.2) is 29.1 Å². The first kappa shape index (κ1) is 9.68. The number of anilines is 1. The summed E-state index contributed by atoms with van der Waals surface area (Å²) in [5.74, 6) is 0.688. The molecule has 2 rings (SSSR count). The van der Waals surface area contributed by atoms with E-state index in [1.54, 1.807) is 6.20 Å². The summed E-state index contributed by atoms with van der Waals surface area (Å²) in [7, 11) is 0. The first-order valence-electron chi connectivity index (χ1n) is 4.66. The predicted octanol–water partition coefficient (Wildman–Crippen LogP) is 0.976. The molecule has 14 heavy (non-hydrogen) atoms. The average molecular weight is 213 g/mol. The molecule has 0 aliphatic carbocycles. The molecule has 76 valence electrons. The van der Waals surface area contributed by atoms with Gasteiger partial charge >= 0.3 is 0 Å². The lowest BCUT2D eigenvalue weighted by atomic mass is 10.3. The number of aromatic nitrogens is 2. The molecule has 5 heteroatoms. The van der Waals surface area contributed by atoms with Crippen LogP contribution in [-0.2, 0) is 0 Å². The van der Waals surface area contributed by atoms with Gasteiger partial charge in [0.1, 0.15) is 5.15 Å². The lowest BCUT2D eigenvalue weighted by molar-refractivity contribution is 0.750. The van der Waals surface area contributed by atoms with Crippen molar-refractivity contribution < 1.29 is 0 Å². The summed E-state index contributed by atoms with van der Waals surface area (Å²) >= 11 is 5.92. The predicted molar refractivity (Wildman–Crippen MR) is 56.6 cm³/mol. The Morgan fingerprint density at radius 1 is 1.64 bits per heavy atom. The van der Waals surface area contributed by atoms with Crippen LogP contribution in [0.5, 0.6) is 0 Å². The van der Waals surface area contributed by atoms with Crippen molar-refractivity contribution in [2.24, 2.45) is 5.73 Å². The third kappa shape index (κ3) is 1.81. The van der Waals surface area contributed by atoms with Crippen molar-refractivity contribution in [3.63, 3.8) is 0 Å². The molecule has 2 N–H and O–H groups in total. The maximum Gasteiger partial charge on any atom is 0.226 e. The van der Waals surface area contributed by atoms with Gasteiger partial charge in [-0.1, -0.05) is 11.6 Å². The molecule has 0 saturated carbocycles. The zero-order chi connectivity index (χ0) is 10.1. The third-order valence-electron chi connectivity index (χ3n) is 2.40. The minimum Gasteiger partial charge on any atom is -0.339 e. The number of nitrogens with zero attached hydrogens (tertiary/aromatic N) is 3. The molecule has 1 aromatic rings. The lowest BCUT2D eigenvalue weighted by Crippen LogP contribution is -2.27. The first-order valence-corrected chi connectivity index (χ1v) is 5.04. The second kappa shape index (κ2) is 3.71. The van der Waals surface area contributed by atoms with Gasteiger partial charge in [-0.25, -0.2) is 9.97 Å². The van der Waals surface area contributed by atoms with Crippen molar-refractivity contribution in [1.82, 2.24) is 9.97 Å². The minimum absolute atomic E-state index is 0.235. The molecule has 1 atom stereocenters. The highest BCUT2D eigenvalue weighted by molar-refractivity contribution is 6.30. The fourth-order valence-corrected chi connectivity index (χ4v) is 1.66. The van der Waals surface area contributed by atoms with E-state index in [-0.39, 0.29) is 6.04 Å². The summed E-state index contributed by atoms with van der Waals surface area (Å²) in [5.41, 5.74) is 6.70. The number of rotatable bonds is 1. The van der Waals surface area contributed by atoms with Crippen molar-refractivity contribution in [2.45, 2.75) is 19.4 Å². The monoisotopic (exact) mass is 212 g/mol. The van der Waals surface area contributed by atoms with Gasteiger partial charge < -0.3 is 10.6 Å². The fraction of sp³-hybridized carbons (Fsp3) is 0.556. The molecule has 1 aromatic heterocycles. The van der Waals surface area contributed by atoms with E-state index in [1.165, 1.54) is 0 Å². The summed E-state index contributed by atoms with van der Waals surface area (Å²) in [6.07, 6.45) is 2.74. The van der Waals surface area contributed by atoms with Crippen molar-refractivity contribution >= 4 is 17.5 Å². The van der Waals surface area contributed by atoms with Crippen LogP contribution in [0.4, 0.5) is 5.95 Å². The van der Waals surface area contributed by atoms with Crippen molar-refractivity contribution in [2.75, 3.05) is 18.0 Å². The number of hydrogen-bond acceptors (Lipinski definition) is 4. The molecule has 1 fully saturated rings. The second-order valence-electron chi connectivity index (χ2n) is 3.64. The van der Waals surface area contributed by atoms with Gasteiger partial charge in [0.15, 0.2) is 0 Å². The van der Waals surface area contributed by atoms with Crippen LogP contribution in [0.1, 0.15) is 12.0 Å². The highest BCUT2D eigenvalue weighted by atomic mass is 35.5. The Balaban J connectivity index is 2.20. The van der Waals surface area contributed by atoms with E-state index in [0.29, 0.717) is 11.1 Å². The van der Waals surface area contributed by atoms with E-state index in [4.69, 9.17) is 17.3 Å². The quantitative estimate of drug-likeness (QED) is 0.705. The van der Waals surface area contributed by atoms with E-state index in [0.717, 1.165) is 25.1 Å².